The highest BCUT2D eigenvalue weighted by Crippen LogP contribution is 2.34. The lowest BCUT2D eigenvalue weighted by molar-refractivity contribution is -0.144. The third-order valence-electron chi connectivity index (χ3n) is 5.08. The summed E-state index contributed by atoms with van der Waals surface area (Å²) in [7, 11) is 1.72. The summed E-state index contributed by atoms with van der Waals surface area (Å²) in [6.45, 7) is 4.89. The van der Waals surface area contributed by atoms with Crippen molar-refractivity contribution >= 4 is 17.0 Å². The maximum absolute atomic E-state index is 12.3. The molecule has 1 fully saturated rings. The summed E-state index contributed by atoms with van der Waals surface area (Å²) in [5, 5.41) is 4.42. The number of hydrogen-bond donors (Lipinski definition) is 0. The van der Waals surface area contributed by atoms with Gasteiger partial charge in [0.05, 0.1) is 12.8 Å². The Kier molecular flexibility index (Phi) is 5.20. The Balaban J connectivity index is 1.53. The van der Waals surface area contributed by atoms with E-state index in [4.69, 9.17) is 4.74 Å². The number of ether oxygens (including phenoxy) is 1. The molecule has 1 saturated carbocycles. The number of nitrogens with zero attached hydrogens (tertiary/aromatic N) is 4. The van der Waals surface area contributed by atoms with Crippen molar-refractivity contribution in [3.63, 3.8) is 0 Å². The van der Waals surface area contributed by atoms with Gasteiger partial charge in [0.25, 0.3) is 5.56 Å². The van der Waals surface area contributed by atoms with Gasteiger partial charge in [-0.15, -0.1) is 0 Å². The van der Waals surface area contributed by atoms with Crippen LogP contribution in [0.15, 0.2) is 17.3 Å². The normalized spacial score (nSPS) is 23.7. The Hall–Kier alpha value is -2.18. The zero-order chi connectivity index (χ0) is 18.0. The number of aromatic nitrogens is 4. The van der Waals surface area contributed by atoms with Crippen LogP contribution >= 0.6 is 0 Å². The minimum atomic E-state index is -0.399. The second-order valence-electron chi connectivity index (χ2n) is 7.48. The smallest absolute Gasteiger partial charge is 0.326 e. The van der Waals surface area contributed by atoms with Gasteiger partial charge in [0, 0.05) is 7.05 Å². The molecule has 7 heteroatoms. The second kappa shape index (κ2) is 7.37. The minimum Gasteiger partial charge on any atom is -0.464 e. The van der Waals surface area contributed by atoms with Crippen molar-refractivity contribution in [1.29, 1.82) is 0 Å². The molecule has 0 amide bonds. The summed E-state index contributed by atoms with van der Waals surface area (Å²) in [4.78, 5) is 28.6. The van der Waals surface area contributed by atoms with E-state index >= 15 is 0 Å². The molecule has 2 heterocycles. The standard InChI is InChI=1S/C18H26N4O3/c1-12-6-13(2)8-14(7-12)4-5-25-16(23)10-22-11-19-17-15(18(22)24)9-20-21(17)3/h9,11-14H,4-8,10H2,1-3H3/t12-,13-/m1/s1. The van der Waals surface area contributed by atoms with Crippen LogP contribution in [0.25, 0.3) is 11.0 Å². The lowest BCUT2D eigenvalue weighted by Gasteiger charge is -2.31. The van der Waals surface area contributed by atoms with E-state index in [2.05, 4.69) is 23.9 Å². The first-order chi connectivity index (χ1) is 11.9. The van der Waals surface area contributed by atoms with Crippen molar-refractivity contribution in [3.8, 4) is 0 Å². The van der Waals surface area contributed by atoms with Gasteiger partial charge in [-0.2, -0.15) is 5.10 Å². The molecule has 7 nitrogen and oxygen atoms in total. The molecule has 0 unspecified atom stereocenters. The van der Waals surface area contributed by atoms with E-state index in [9.17, 15) is 9.59 Å². The molecule has 0 saturated heterocycles. The van der Waals surface area contributed by atoms with E-state index in [1.54, 1.807) is 7.05 Å². The van der Waals surface area contributed by atoms with Crippen LogP contribution in [0, 0.1) is 17.8 Å². The van der Waals surface area contributed by atoms with Gasteiger partial charge in [-0.25, -0.2) is 4.98 Å². The first-order valence-electron chi connectivity index (χ1n) is 8.96. The molecule has 1 aliphatic rings. The summed E-state index contributed by atoms with van der Waals surface area (Å²) < 4.78 is 8.15. The topological polar surface area (TPSA) is 79.0 Å². The van der Waals surface area contributed by atoms with Crippen LogP contribution in [0.1, 0.15) is 39.5 Å². The molecule has 0 bridgehead atoms. The zero-order valence-electron chi connectivity index (χ0n) is 15.1. The van der Waals surface area contributed by atoms with Crippen LogP contribution in [0.3, 0.4) is 0 Å². The van der Waals surface area contributed by atoms with Gasteiger partial charge < -0.3 is 4.74 Å². The van der Waals surface area contributed by atoms with Crippen molar-refractivity contribution in [2.24, 2.45) is 24.8 Å². The van der Waals surface area contributed by atoms with Crippen LogP contribution in [-0.2, 0) is 23.1 Å². The zero-order valence-corrected chi connectivity index (χ0v) is 15.1. The van der Waals surface area contributed by atoms with Gasteiger partial charge in [-0.1, -0.05) is 13.8 Å². The average Bonchev–Trinajstić information content (AvgIpc) is 2.91. The summed E-state index contributed by atoms with van der Waals surface area (Å²) >= 11 is 0. The Morgan fingerprint density at radius 3 is 2.72 bits per heavy atom. The molecule has 0 radical (unpaired) electrons. The molecule has 2 atom stereocenters. The highest BCUT2D eigenvalue weighted by molar-refractivity contribution is 5.74. The quantitative estimate of drug-likeness (QED) is 0.775. The number of hydrogen-bond acceptors (Lipinski definition) is 5. The SMILES string of the molecule is C[C@H]1CC(CCOC(=O)Cn2cnc3c(cnn3C)c2=O)C[C@H](C)C1. The maximum atomic E-state index is 12.3. The molecule has 0 aliphatic heterocycles. The molecule has 3 rings (SSSR count). The van der Waals surface area contributed by atoms with Crippen LogP contribution in [-0.4, -0.2) is 31.9 Å². The van der Waals surface area contributed by atoms with E-state index in [0.717, 1.165) is 18.3 Å². The van der Waals surface area contributed by atoms with Gasteiger partial charge >= 0.3 is 5.97 Å². The van der Waals surface area contributed by atoms with Crippen LogP contribution in [0.4, 0.5) is 0 Å². The van der Waals surface area contributed by atoms with E-state index in [1.807, 2.05) is 0 Å². The van der Waals surface area contributed by atoms with Crippen molar-refractivity contribution in [3.05, 3.63) is 22.9 Å². The van der Waals surface area contributed by atoms with Crippen molar-refractivity contribution in [1.82, 2.24) is 19.3 Å². The molecule has 136 valence electrons. The lowest BCUT2D eigenvalue weighted by atomic mass is 9.75. The van der Waals surface area contributed by atoms with Crippen LogP contribution in [0.2, 0.25) is 0 Å². The largest absolute Gasteiger partial charge is 0.464 e. The lowest BCUT2D eigenvalue weighted by Crippen LogP contribution is -2.26. The predicted molar refractivity (Wildman–Crippen MR) is 94.0 cm³/mol. The molecule has 1 aliphatic carbocycles. The van der Waals surface area contributed by atoms with Crippen LogP contribution in [0.5, 0.6) is 0 Å². The van der Waals surface area contributed by atoms with E-state index in [-0.39, 0.29) is 12.1 Å². The molecule has 0 N–H and O–H groups in total. The Bertz CT molecular complexity index is 800. The third-order valence-corrected chi connectivity index (χ3v) is 5.08. The van der Waals surface area contributed by atoms with Gasteiger partial charge in [0.15, 0.2) is 5.65 Å². The highest BCUT2D eigenvalue weighted by Gasteiger charge is 2.24. The Morgan fingerprint density at radius 2 is 2.00 bits per heavy atom. The van der Waals surface area contributed by atoms with E-state index in [1.165, 1.54) is 41.0 Å². The molecule has 2 aromatic rings. The molecule has 25 heavy (non-hydrogen) atoms. The first kappa shape index (κ1) is 17.6. The monoisotopic (exact) mass is 346 g/mol. The fourth-order valence-electron chi connectivity index (χ4n) is 4.05. The molecular weight excluding hydrogens is 320 g/mol. The summed E-state index contributed by atoms with van der Waals surface area (Å²) in [5.41, 5.74) is 0.236. The average molecular weight is 346 g/mol. The third kappa shape index (κ3) is 4.08. The van der Waals surface area contributed by atoms with Crippen molar-refractivity contribution in [2.75, 3.05) is 6.61 Å². The van der Waals surface area contributed by atoms with Crippen molar-refractivity contribution < 1.29 is 9.53 Å². The maximum Gasteiger partial charge on any atom is 0.326 e. The molecule has 0 spiro atoms. The number of fused-ring (bicyclic) bond motifs is 1. The molecule has 0 aromatic carbocycles. The Labute approximate surface area is 147 Å². The number of aryl methyl sites for hydroxylation is 1. The molecular formula is C18H26N4O3. The van der Waals surface area contributed by atoms with E-state index in [0.29, 0.717) is 23.6 Å². The summed E-state index contributed by atoms with van der Waals surface area (Å²) in [5.74, 6) is 1.73. The van der Waals surface area contributed by atoms with Crippen molar-refractivity contribution in [2.45, 2.75) is 46.1 Å². The fourth-order valence-corrected chi connectivity index (χ4v) is 4.05. The van der Waals surface area contributed by atoms with Gasteiger partial charge in [0.1, 0.15) is 18.3 Å². The number of carbonyl (C=O) groups excluding carboxylic acids is 1. The number of esters is 1. The van der Waals surface area contributed by atoms with E-state index < -0.39 is 5.97 Å². The summed E-state index contributed by atoms with van der Waals surface area (Å²) in [6, 6.07) is 0. The van der Waals surface area contributed by atoms with Gasteiger partial charge in [-0.05, 0) is 43.4 Å². The molecule has 2 aromatic heterocycles. The first-order valence-corrected chi connectivity index (χ1v) is 8.96. The van der Waals surface area contributed by atoms with Crippen LogP contribution < -0.4 is 5.56 Å². The Morgan fingerprint density at radius 1 is 1.28 bits per heavy atom. The summed E-state index contributed by atoms with van der Waals surface area (Å²) in [6.07, 6.45) is 7.46. The van der Waals surface area contributed by atoms with Gasteiger partial charge in [0.2, 0.25) is 0 Å². The number of carbonyl (C=O) groups is 1. The highest BCUT2D eigenvalue weighted by atomic mass is 16.5. The predicted octanol–water partition coefficient (Wildman–Crippen LogP) is 2.14. The second-order valence-corrected chi connectivity index (χ2v) is 7.48. The fraction of sp³-hybridized carbons (Fsp3) is 0.667. The van der Waals surface area contributed by atoms with Gasteiger partial charge in [-0.3, -0.25) is 18.8 Å². The minimum absolute atomic E-state index is 0.117. The number of rotatable bonds is 5.